The van der Waals surface area contributed by atoms with Crippen LogP contribution in [-0.2, 0) is 0 Å². The van der Waals surface area contributed by atoms with Crippen molar-refractivity contribution in [2.24, 2.45) is 0 Å². The first-order chi connectivity index (χ1) is 7.27. The van der Waals surface area contributed by atoms with Gasteiger partial charge in [-0.1, -0.05) is 0 Å². The second kappa shape index (κ2) is 3.17. The topological polar surface area (TPSA) is 41.1 Å². The first-order valence-corrected chi connectivity index (χ1v) is 5.56. The molecule has 0 radical (unpaired) electrons. The van der Waals surface area contributed by atoms with Gasteiger partial charge >= 0.3 is 0 Å². The van der Waals surface area contributed by atoms with Crippen molar-refractivity contribution < 1.29 is 0 Å². The molecule has 1 aliphatic heterocycles. The van der Waals surface area contributed by atoms with Gasteiger partial charge in [0.15, 0.2) is 0 Å². The van der Waals surface area contributed by atoms with Gasteiger partial charge in [-0.05, 0) is 19.8 Å². The number of nitrogens with zero attached hydrogens (tertiary/aromatic N) is 3. The molecular weight excluding hydrogens is 188 g/mol. The summed E-state index contributed by atoms with van der Waals surface area (Å²) in [6, 6.07) is 0. The fourth-order valence-electron chi connectivity index (χ4n) is 2.21. The Labute approximate surface area is 89.7 Å². The predicted octanol–water partition coefficient (Wildman–Crippen LogP) is 0.727. The lowest BCUT2D eigenvalue weighted by Crippen LogP contribution is -2.52. The van der Waals surface area contributed by atoms with Gasteiger partial charge < -0.3 is 10.2 Å². The molecular formula is C11H16N4. The van der Waals surface area contributed by atoms with Crippen molar-refractivity contribution in [2.75, 3.05) is 24.5 Å². The van der Waals surface area contributed by atoms with E-state index in [1.54, 1.807) is 0 Å². The standard InChI is InChI=1S/C11H16N4/c1-9-12-6-10(7-13-9)15-5-4-14-11(8-15)2-3-11/h6-7,14H,2-5,8H2,1H3. The van der Waals surface area contributed by atoms with Crippen LogP contribution >= 0.6 is 0 Å². The summed E-state index contributed by atoms with van der Waals surface area (Å²) in [4.78, 5) is 10.9. The van der Waals surface area contributed by atoms with Gasteiger partial charge in [0.25, 0.3) is 0 Å². The van der Waals surface area contributed by atoms with E-state index in [0.717, 1.165) is 31.1 Å². The smallest absolute Gasteiger partial charge is 0.125 e. The largest absolute Gasteiger partial charge is 0.366 e. The minimum Gasteiger partial charge on any atom is -0.366 e. The van der Waals surface area contributed by atoms with E-state index in [2.05, 4.69) is 20.2 Å². The van der Waals surface area contributed by atoms with E-state index in [4.69, 9.17) is 0 Å². The molecule has 0 atom stereocenters. The molecule has 0 unspecified atom stereocenters. The quantitative estimate of drug-likeness (QED) is 0.732. The molecule has 1 aliphatic carbocycles. The number of aromatic nitrogens is 2. The average molecular weight is 204 g/mol. The molecule has 1 saturated carbocycles. The van der Waals surface area contributed by atoms with Crippen LogP contribution in [0.4, 0.5) is 5.69 Å². The maximum absolute atomic E-state index is 4.25. The summed E-state index contributed by atoms with van der Waals surface area (Å²) in [7, 11) is 0. The molecule has 2 aliphatic rings. The lowest BCUT2D eigenvalue weighted by atomic mass is 10.2. The van der Waals surface area contributed by atoms with E-state index in [1.165, 1.54) is 12.8 Å². The molecule has 2 heterocycles. The molecule has 0 aromatic carbocycles. The van der Waals surface area contributed by atoms with E-state index in [9.17, 15) is 0 Å². The lowest BCUT2D eigenvalue weighted by Gasteiger charge is -2.35. The third-order valence-electron chi connectivity index (χ3n) is 3.36. The highest BCUT2D eigenvalue weighted by Gasteiger charge is 2.45. The number of hydrogen-bond acceptors (Lipinski definition) is 4. The minimum absolute atomic E-state index is 0.420. The van der Waals surface area contributed by atoms with Crippen molar-refractivity contribution in [2.45, 2.75) is 25.3 Å². The lowest BCUT2D eigenvalue weighted by molar-refractivity contribution is 0.442. The molecule has 2 fully saturated rings. The molecule has 0 amide bonds. The molecule has 1 spiro atoms. The number of anilines is 1. The van der Waals surface area contributed by atoms with Crippen molar-refractivity contribution >= 4 is 5.69 Å². The summed E-state index contributed by atoms with van der Waals surface area (Å²) in [5, 5.41) is 3.60. The van der Waals surface area contributed by atoms with Crippen LogP contribution < -0.4 is 10.2 Å². The molecule has 0 bridgehead atoms. The Hall–Kier alpha value is -1.16. The van der Waals surface area contributed by atoms with Gasteiger partial charge in [0.1, 0.15) is 5.82 Å². The molecule has 1 aromatic rings. The van der Waals surface area contributed by atoms with E-state index in [0.29, 0.717) is 5.54 Å². The Morgan fingerprint density at radius 2 is 2.07 bits per heavy atom. The molecule has 1 N–H and O–H groups in total. The predicted molar refractivity (Wildman–Crippen MR) is 58.9 cm³/mol. The second-order valence-corrected chi connectivity index (χ2v) is 4.62. The van der Waals surface area contributed by atoms with Crippen molar-refractivity contribution in [3.8, 4) is 0 Å². The molecule has 15 heavy (non-hydrogen) atoms. The summed E-state index contributed by atoms with van der Waals surface area (Å²) in [5.74, 6) is 0.843. The molecule has 4 nitrogen and oxygen atoms in total. The van der Waals surface area contributed by atoms with Crippen molar-refractivity contribution in [3.05, 3.63) is 18.2 Å². The zero-order valence-corrected chi connectivity index (χ0v) is 9.03. The third kappa shape index (κ3) is 1.69. The minimum atomic E-state index is 0.420. The van der Waals surface area contributed by atoms with Gasteiger partial charge in [-0.25, -0.2) is 9.97 Å². The number of rotatable bonds is 1. The highest BCUT2D eigenvalue weighted by Crippen LogP contribution is 2.38. The fraction of sp³-hybridized carbons (Fsp3) is 0.636. The van der Waals surface area contributed by atoms with Gasteiger partial charge in [-0.15, -0.1) is 0 Å². The van der Waals surface area contributed by atoms with Crippen LogP contribution in [-0.4, -0.2) is 35.1 Å². The van der Waals surface area contributed by atoms with Gasteiger partial charge in [-0.3, -0.25) is 0 Å². The van der Waals surface area contributed by atoms with Crippen LogP contribution in [0, 0.1) is 6.92 Å². The van der Waals surface area contributed by atoms with Gasteiger partial charge in [0, 0.05) is 25.2 Å². The Morgan fingerprint density at radius 1 is 1.33 bits per heavy atom. The third-order valence-corrected chi connectivity index (χ3v) is 3.36. The Balaban J connectivity index is 1.78. The molecule has 1 aromatic heterocycles. The Morgan fingerprint density at radius 3 is 2.73 bits per heavy atom. The van der Waals surface area contributed by atoms with E-state index >= 15 is 0 Å². The van der Waals surface area contributed by atoms with Gasteiger partial charge in [-0.2, -0.15) is 0 Å². The number of aryl methyl sites for hydroxylation is 1. The summed E-state index contributed by atoms with van der Waals surface area (Å²) >= 11 is 0. The fourth-order valence-corrected chi connectivity index (χ4v) is 2.21. The van der Waals surface area contributed by atoms with Crippen molar-refractivity contribution in [1.29, 1.82) is 0 Å². The SMILES string of the molecule is Cc1ncc(N2CCNC3(CC3)C2)cn1. The number of piperazine rings is 1. The Bertz CT molecular complexity index is 355. The maximum atomic E-state index is 4.25. The van der Waals surface area contributed by atoms with Crippen LogP contribution in [0.15, 0.2) is 12.4 Å². The first kappa shape index (κ1) is 9.09. The summed E-state index contributed by atoms with van der Waals surface area (Å²) in [5.41, 5.74) is 1.58. The van der Waals surface area contributed by atoms with Crippen LogP contribution in [0.5, 0.6) is 0 Å². The zero-order chi connectivity index (χ0) is 10.3. The number of hydrogen-bond donors (Lipinski definition) is 1. The molecule has 80 valence electrons. The van der Waals surface area contributed by atoms with E-state index < -0.39 is 0 Å². The first-order valence-electron chi connectivity index (χ1n) is 5.56. The second-order valence-electron chi connectivity index (χ2n) is 4.62. The molecule has 1 saturated heterocycles. The summed E-state index contributed by atoms with van der Waals surface area (Å²) in [6.45, 7) is 5.17. The van der Waals surface area contributed by atoms with Crippen molar-refractivity contribution in [3.63, 3.8) is 0 Å². The van der Waals surface area contributed by atoms with Gasteiger partial charge in [0.2, 0.25) is 0 Å². The molecule has 4 heteroatoms. The van der Waals surface area contributed by atoms with E-state index in [-0.39, 0.29) is 0 Å². The number of nitrogens with one attached hydrogen (secondary N) is 1. The Kier molecular flexibility index (Phi) is 1.92. The molecule has 3 rings (SSSR count). The van der Waals surface area contributed by atoms with E-state index in [1.807, 2.05) is 19.3 Å². The summed E-state index contributed by atoms with van der Waals surface area (Å²) < 4.78 is 0. The van der Waals surface area contributed by atoms with Gasteiger partial charge in [0.05, 0.1) is 18.1 Å². The van der Waals surface area contributed by atoms with Crippen LogP contribution in [0.2, 0.25) is 0 Å². The maximum Gasteiger partial charge on any atom is 0.125 e. The van der Waals surface area contributed by atoms with Crippen LogP contribution in [0.1, 0.15) is 18.7 Å². The van der Waals surface area contributed by atoms with Crippen LogP contribution in [0.25, 0.3) is 0 Å². The highest BCUT2D eigenvalue weighted by atomic mass is 15.3. The highest BCUT2D eigenvalue weighted by molar-refractivity contribution is 5.44. The normalized spacial score (nSPS) is 23.1. The van der Waals surface area contributed by atoms with Crippen LogP contribution in [0.3, 0.4) is 0 Å². The summed E-state index contributed by atoms with van der Waals surface area (Å²) in [6.07, 6.45) is 6.50. The zero-order valence-electron chi connectivity index (χ0n) is 9.03. The average Bonchev–Trinajstić information content (AvgIpc) is 2.99. The monoisotopic (exact) mass is 204 g/mol. The van der Waals surface area contributed by atoms with Crippen molar-refractivity contribution in [1.82, 2.24) is 15.3 Å².